The van der Waals surface area contributed by atoms with Crippen LogP contribution in [0.2, 0.25) is 0 Å². The zero-order chi connectivity index (χ0) is 21.9. The van der Waals surface area contributed by atoms with Crippen LogP contribution in [0.15, 0.2) is 17.1 Å². The molecule has 1 aromatic carbocycles. The molecule has 1 aliphatic heterocycles. The molecule has 4 rings (SSSR count). The first-order valence-electron chi connectivity index (χ1n) is 10.3. The second kappa shape index (κ2) is 7.34. The summed E-state index contributed by atoms with van der Waals surface area (Å²) < 4.78 is 30.8. The molecule has 162 valence electrons. The van der Waals surface area contributed by atoms with Crippen LogP contribution in [-0.4, -0.2) is 48.0 Å². The molecule has 0 spiro atoms. The van der Waals surface area contributed by atoms with Crippen molar-refractivity contribution in [1.29, 1.82) is 0 Å². The van der Waals surface area contributed by atoms with Gasteiger partial charge in [-0.3, -0.25) is 4.79 Å². The van der Waals surface area contributed by atoms with Gasteiger partial charge in [0.2, 0.25) is 5.43 Å². The SMILES string of the molecule is CNC1CN(c2c(F)cc3c(=O)c(C(=O)O)cn(C4CC4F)c3c2C)CC1C(C)C. The molecule has 1 saturated heterocycles. The summed E-state index contributed by atoms with van der Waals surface area (Å²) in [6.07, 6.45) is 0.365. The number of likely N-dealkylation sites (N-methyl/N-ethyl adjacent to an activating group) is 1. The van der Waals surface area contributed by atoms with Crippen molar-refractivity contribution in [2.75, 3.05) is 25.0 Å². The Balaban J connectivity index is 1.93. The highest BCUT2D eigenvalue weighted by molar-refractivity contribution is 5.95. The van der Waals surface area contributed by atoms with Crippen LogP contribution < -0.4 is 15.6 Å². The van der Waals surface area contributed by atoms with E-state index >= 15 is 4.39 Å². The maximum atomic E-state index is 15.3. The quantitative estimate of drug-likeness (QED) is 0.779. The molecule has 0 amide bonds. The van der Waals surface area contributed by atoms with Gasteiger partial charge in [-0.05, 0) is 37.4 Å². The van der Waals surface area contributed by atoms with Gasteiger partial charge in [-0.25, -0.2) is 13.6 Å². The number of rotatable bonds is 5. The van der Waals surface area contributed by atoms with Crippen LogP contribution in [0.3, 0.4) is 0 Å². The number of carbonyl (C=O) groups is 1. The monoisotopic (exact) mass is 419 g/mol. The lowest BCUT2D eigenvalue weighted by atomic mass is 9.91. The minimum absolute atomic E-state index is 0.0162. The molecule has 2 N–H and O–H groups in total. The summed E-state index contributed by atoms with van der Waals surface area (Å²) in [5, 5.41) is 12.7. The fourth-order valence-corrected chi connectivity index (χ4v) is 4.90. The highest BCUT2D eigenvalue weighted by atomic mass is 19.1. The third-order valence-corrected chi connectivity index (χ3v) is 6.66. The van der Waals surface area contributed by atoms with Gasteiger partial charge < -0.3 is 19.9 Å². The van der Waals surface area contributed by atoms with E-state index in [4.69, 9.17) is 0 Å². The number of carboxylic acid groups (broad SMARTS) is 1. The Morgan fingerprint density at radius 1 is 1.33 bits per heavy atom. The molecule has 2 aromatic rings. The summed E-state index contributed by atoms with van der Waals surface area (Å²) in [7, 11) is 1.90. The van der Waals surface area contributed by atoms with E-state index in [2.05, 4.69) is 19.2 Å². The molecule has 30 heavy (non-hydrogen) atoms. The molecule has 0 radical (unpaired) electrons. The van der Waals surface area contributed by atoms with E-state index in [-0.39, 0.29) is 17.8 Å². The Labute approximate surface area is 173 Å². The van der Waals surface area contributed by atoms with Crippen molar-refractivity contribution in [3.8, 4) is 0 Å². The first-order valence-corrected chi connectivity index (χ1v) is 10.3. The first kappa shape index (κ1) is 20.8. The van der Waals surface area contributed by atoms with Crippen molar-refractivity contribution in [3.63, 3.8) is 0 Å². The van der Waals surface area contributed by atoms with Gasteiger partial charge in [0.05, 0.1) is 17.2 Å². The molecule has 6 nitrogen and oxygen atoms in total. The molecule has 8 heteroatoms. The van der Waals surface area contributed by atoms with E-state index in [1.54, 1.807) is 6.92 Å². The predicted octanol–water partition coefficient (Wildman–Crippen LogP) is 3.11. The third-order valence-electron chi connectivity index (χ3n) is 6.66. The van der Waals surface area contributed by atoms with Crippen LogP contribution in [0.25, 0.3) is 10.9 Å². The summed E-state index contributed by atoms with van der Waals surface area (Å²) in [6.45, 7) is 7.29. The molecule has 4 unspecified atom stereocenters. The lowest BCUT2D eigenvalue weighted by Crippen LogP contribution is -2.35. The van der Waals surface area contributed by atoms with Gasteiger partial charge in [-0.15, -0.1) is 0 Å². The number of pyridine rings is 1. The maximum absolute atomic E-state index is 15.3. The zero-order valence-electron chi connectivity index (χ0n) is 17.6. The van der Waals surface area contributed by atoms with Gasteiger partial charge in [0, 0.05) is 37.1 Å². The average Bonchev–Trinajstić information content (AvgIpc) is 3.24. The number of nitrogens with one attached hydrogen (secondary N) is 1. The molecular weight excluding hydrogens is 392 g/mol. The molecule has 2 fully saturated rings. The third kappa shape index (κ3) is 3.17. The molecule has 1 aromatic heterocycles. The van der Waals surface area contributed by atoms with Crippen LogP contribution in [0.1, 0.15) is 42.2 Å². The van der Waals surface area contributed by atoms with E-state index < -0.39 is 35.0 Å². The minimum atomic E-state index is -1.40. The molecular formula is C22H27F2N3O3. The lowest BCUT2D eigenvalue weighted by molar-refractivity contribution is 0.0694. The number of aryl methyl sites for hydroxylation is 1. The van der Waals surface area contributed by atoms with Crippen molar-refractivity contribution in [2.24, 2.45) is 11.8 Å². The Morgan fingerprint density at radius 2 is 2.00 bits per heavy atom. The van der Waals surface area contributed by atoms with E-state index in [9.17, 15) is 19.1 Å². The molecule has 2 heterocycles. The minimum Gasteiger partial charge on any atom is -0.477 e. The van der Waals surface area contributed by atoms with Crippen molar-refractivity contribution in [2.45, 2.75) is 45.4 Å². The van der Waals surface area contributed by atoms with Crippen LogP contribution in [-0.2, 0) is 0 Å². The van der Waals surface area contributed by atoms with Crippen LogP contribution in [0.5, 0.6) is 0 Å². The topological polar surface area (TPSA) is 74.6 Å². The maximum Gasteiger partial charge on any atom is 0.341 e. The second-order valence-electron chi connectivity index (χ2n) is 8.84. The van der Waals surface area contributed by atoms with Crippen molar-refractivity contribution in [1.82, 2.24) is 9.88 Å². The predicted molar refractivity (Wildman–Crippen MR) is 112 cm³/mol. The number of alkyl halides is 1. The van der Waals surface area contributed by atoms with Crippen LogP contribution in [0, 0.1) is 24.6 Å². The van der Waals surface area contributed by atoms with Crippen LogP contribution >= 0.6 is 0 Å². The normalized spacial score (nSPS) is 26.0. The smallest absolute Gasteiger partial charge is 0.341 e. The number of hydrogen-bond donors (Lipinski definition) is 2. The van der Waals surface area contributed by atoms with Gasteiger partial charge in [0.15, 0.2) is 0 Å². The lowest BCUT2D eigenvalue weighted by Gasteiger charge is -2.25. The second-order valence-corrected chi connectivity index (χ2v) is 8.84. The summed E-state index contributed by atoms with van der Waals surface area (Å²) >= 11 is 0. The molecule has 2 aliphatic rings. The van der Waals surface area contributed by atoms with Gasteiger partial charge in [-0.2, -0.15) is 0 Å². The number of carboxylic acids is 1. The van der Waals surface area contributed by atoms with E-state index in [0.717, 1.165) is 6.07 Å². The zero-order valence-corrected chi connectivity index (χ0v) is 17.6. The fraction of sp³-hybridized carbons (Fsp3) is 0.545. The number of nitrogens with zero attached hydrogens (tertiary/aromatic N) is 2. The summed E-state index contributed by atoms with van der Waals surface area (Å²) in [5.74, 6) is -1.21. The van der Waals surface area contributed by atoms with Crippen molar-refractivity contribution in [3.05, 3.63) is 39.4 Å². The summed E-state index contributed by atoms with van der Waals surface area (Å²) in [6, 6.07) is 0.792. The van der Waals surface area contributed by atoms with E-state index in [1.165, 1.54) is 10.8 Å². The van der Waals surface area contributed by atoms with E-state index in [0.29, 0.717) is 41.7 Å². The Kier molecular flexibility index (Phi) is 5.08. The highest BCUT2D eigenvalue weighted by Gasteiger charge is 2.41. The molecule has 0 bridgehead atoms. The highest BCUT2D eigenvalue weighted by Crippen LogP contribution is 2.43. The van der Waals surface area contributed by atoms with Gasteiger partial charge in [0.1, 0.15) is 17.6 Å². The number of aromatic carboxylic acids is 1. The summed E-state index contributed by atoms with van der Waals surface area (Å²) in [4.78, 5) is 26.3. The average molecular weight is 419 g/mol. The van der Waals surface area contributed by atoms with Crippen LogP contribution in [0.4, 0.5) is 14.5 Å². The number of hydrogen-bond acceptors (Lipinski definition) is 4. The first-order chi connectivity index (χ1) is 14.1. The largest absolute Gasteiger partial charge is 0.477 e. The Hall–Kier alpha value is -2.48. The standard InChI is InChI=1S/C22H27F2N3O3/c1-10(2)13-7-26(9-17(13)25-4)20-11(3)19-12(5-16(20)24)21(28)14(22(29)30)8-27(19)18-6-15(18)23/h5,8,10,13,15,17-18,25H,6-7,9H2,1-4H3,(H,29,30). The Morgan fingerprint density at radius 3 is 2.50 bits per heavy atom. The van der Waals surface area contributed by atoms with E-state index in [1.807, 2.05) is 11.9 Å². The van der Waals surface area contributed by atoms with Crippen molar-refractivity contribution < 1.29 is 18.7 Å². The number of aromatic nitrogens is 1. The number of fused-ring (bicyclic) bond motifs is 1. The molecule has 1 aliphatic carbocycles. The van der Waals surface area contributed by atoms with Crippen molar-refractivity contribution >= 4 is 22.6 Å². The molecule has 1 saturated carbocycles. The number of anilines is 1. The van der Waals surface area contributed by atoms with Gasteiger partial charge in [-0.1, -0.05) is 13.8 Å². The number of benzene rings is 1. The van der Waals surface area contributed by atoms with Gasteiger partial charge >= 0.3 is 5.97 Å². The van der Waals surface area contributed by atoms with Gasteiger partial charge in [0.25, 0.3) is 0 Å². The fourth-order valence-electron chi connectivity index (χ4n) is 4.90. The number of halogens is 2. The Bertz CT molecular complexity index is 1080. The summed E-state index contributed by atoms with van der Waals surface area (Å²) in [5.41, 5.74) is 0.147. The molecule has 4 atom stereocenters.